The molecule has 6 heteroatoms. The molecule has 1 aromatic rings. The molecule has 142 valence electrons. The van der Waals surface area contributed by atoms with Crippen LogP contribution in [0.2, 0.25) is 0 Å². The van der Waals surface area contributed by atoms with Gasteiger partial charge in [-0.2, -0.15) is 0 Å². The number of hydrogen-bond donors (Lipinski definition) is 2. The van der Waals surface area contributed by atoms with Crippen molar-refractivity contribution >= 4 is 17.5 Å². The van der Waals surface area contributed by atoms with Gasteiger partial charge in [0.25, 0.3) is 0 Å². The van der Waals surface area contributed by atoms with Crippen LogP contribution in [0.25, 0.3) is 0 Å². The third-order valence-electron chi connectivity index (χ3n) is 5.33. The first-order valence-electron chi connectivity index (χ1n) is 9.80. The molecule has 2 aliphatic rings. The fraction of sp³-hybridized carbons (Fsp3) is 0.600. The van der Waals surface area contributed by atoms with Crippen LogP contribution in [0.5, 0.6) is 0 Å². The van der Waals surface area contributed by atoms with E-state index in [4.69, 9.17) is 0 Å². The summed E-state index contributed by atoms with van der Waals surface area (Å²) >= 11 is 0. The lowest BCUT2D eigenvalue weighted by atomic mass is 9.97. The molecule has 0 atom stereocenters. The number of para-hydroxylation sites is 1. The van der Waals surface area contributed by atoms with Crippen LogP contribution >= 0.6 is 0 Å². The van der Waals surface area contributed by atoms with Crippen molar-refractivity contribution in [1.82, 2.24) is 15.5 Å². The highest BCUT2D eigenvalue weighted by molar-refractivity contribution is 5.79. The minimum atomic E-state index is 0.137. The second-order valence-corrected chi connectivity index (χ2v) is 7.12. The Kier molecular flexibility index (Phi) is 6.89. The maximum atomic E-state index is 12.4. The smallest absolute Gasteiger partial charge is 0.223 e. The van der Waals surface area contributed by atoms with E-state index in [1.54, 1.807) is 0 Å². The van der Waals surface area contributed by atoms with Gasteiger partial charge in [0.1, 0.15) is 0 Å². The Balaban J connectivity index is 1.31. The van der Waals surface area contributed by atoms with Crippen LogP contribution in [0.3, 0.4) is 0 Å². The van der Waals surface area contributed by atoms with Gasteiger partial charge < -0.3 is 20.4 Å². The summed E-state index contributed by atoms with van der Waals surface area (Å²) in [5, 5.41) is 6.26. The first-order chi connectivity index (χ1) is 12.7. The summed E-state index contributed by atoms with van der Waals surface area (Å²) in [4.78, 5) is 28.7. The lowest BCUT2D eigenvalue weighted by Crippen LogP contribution is -2.48. The van der Waals surface area contributed by atoms with Gasteiger partial charge in [-0.1, -0.05) is 18.2 Å². The first kappa shape index (κ1) is 18.7. The van der Waals surface area contributed by atoms with Crippen LogP contribution in [0.15, 0.2) is 30.3 Å². The Morgan fingerprint density at radius 1 is 1.04 bits per heavy atom. The van der Waals surface area contributed by atoms with E-state index in [2.05, 4.69) is 27.7 Å². The third-order valence-corrected chi connectivity index (χ3v) is 5.33. The Labute approximate surface area is 155 Å². The van der Waals surface area contributed by atoms with Crippen LogP contribution in [-0.2, 0) is 9.59 Å². The Morgan fingerprint density at radius 3 is 2.42 bits per heavy atom. The highest BCUT2D eigenvalue weighted by atomic mass is 16.2. The summed E-state index contributed by atoms with van der Waals surface area (Å²) < 4.78 is 0. The van der Waals surface area contributed by atoms with Crippen LogP contribution < -0.4 is 15.5 Å². The molecule has 2 aliphatic heterocycles. The van der Waals surface area contributed by atoms with Crippen LogP contribution in [0.4, 0.5) is 5.69 Å². The summed E-state index contributed by atoms with van der Waals surface area (Å²) in [6, 6.07) is 10.3. The number of nitrogens with zero attached hydrogens (tertiary/aromatic N) is 2. The average molecular weight is 358 g/mol. The zero-order chi connectivity index (χ0) is 18.2. The molecule has 2 N–H and O–H groups in total. The zero-order valence-corrected chi connectivity index (χ0v) is 15.5. The van der Waals surface area contributed by atoms with Crippen molar-refractivity contribution in [3.05, 3.63) is 30.3 Å². The highest BCUT2D eigenvalue weighted by Crippen LogP contribution is 2.16. The van der Waals surface area contributed by atoms with Crippen molar-refractivity contribution in [3.63, 3.8) is 0 Å². The zero-order valence-electron chi connectivity index (χ0n) is 15.5. The maximum Gasteiger partial charge on any atom is 0.223 e. The van der Waals surface area contributed by atoms with Gasteiger partial charge in [-0.3, -0.25) is 9.59 Å². The summed E-state index contributed by atoms with van der Waals surface area (Å²) in [5.41, 5.74) is 1.22. The molecule has 0 spiro atoms. The van der Waals surface area contributed by atoms with E-state index in [1.165, 1.54) is 5.69 Å². The van der Waals surface area contributed by atoms with Crippen molar-refractivity contribution in [3.8, 4) is 0 Å². The fourth-order valence-corrected chi connectivity index (χ4v) is 3.69. The molecule has 2 heterocycles. The number of carbonyl (C=O) groups excluding carboxylic acids is 2. The topological polar surface area (TPSA) is 64.7 Å². The predicted molar refractivity (Wildman–Crippen MR) is 103 cm³/mol. The van der Waals surface area contributed by atoms with Crippen molar-refractivity contribution in [1.29, 1.82) is 0 Å². The van der Waals surface area contributed by atoms with Crippen molar-refractivity contribution in [2.45, 2.75) is 25.7 Å². The first-order valence-corrected chi connectivity index (χ1v) is 9.80. The highest BCUT2D eigenvalue weighted by Gasteiger charge is 2.22. The molecular weight excluding hydrogens is 328 g/mol. The van der Waals surface area contributed by atoms with Crippen molar-refractivity contribution in [2.24, 2.45) is 5.92 Å². The second-order valence-electron chi connectivity index (χ2n) is 7.12. The van der Waals surface area contributed by atoms with E-state index >= 15 is 0 Å². The van der Waals surface area contributed by atoms with E-state index < -0.39 is 0 Å². The third kappa shape index (κ3) is 5.21. The van der Waals surface area contributed by atoms with Crippen molar-refractivity contribution < 1.29 is 9.59 Å². The molecule has 0 aromatic heterocycles. The van der Waals surface area contributed by atoms with E-state index in [0.717, 1.165) is 52.1 Å². The SMILES string of the molecule is O=C(NCCCC(=O)N1CCN(c2ccccc2)CC1)C1CCNCC1. The number of piperazine rings is 1. The molecule has 0 aliphatic carbocycles. The lowest BCUT2D eigenvalue weighted by molar-refractivity contribution is -0.132. The number of nitrogens with one attached hydrogen (secondary N) is 2. The number of rotatable bonds is 6. The molecule has 6 nitrogen and oxygen atoms in total. The summed E-state index contributed by atoms with van der Waals surface area (Å²) in [7, 11) is 0. The second kappa shape index (κ2) is 9.57. The number of piperidine rings is 1. The molecule has 0 saturated carbocycles. The maximum absolute atomic E-state index is 12.4. The van der Waals surface area contributed by atoms with Gasteiger partial charge in [0.15, 0.2) is 0 Å². The van der Waals surface area contributed by atoms with Gasteiger partial charge in [-0.05, 0) is 44.5 Å². The number of benzene rings is 1. The fourth-order valence-electron chi connectivity index (χ4n) is 3.69. The summed E-state index contributed by atoms with van der Waals surface area (Å²) in [6.07, 6.45) is 3.05. The van der Waals surface area contributed by atoms with Gasteiger partial charge >= 0.3 is 0 Å². The van der Waals surface area contributed by atoms with E-state index in [1.807, 2.05) is 23.1 Å². The summed E-state index contributed by atoms with van der Waals surface area (Å²) in [5.74, 6) is 0.488. The Hall–Kier alpha value is -2.08. The molecule has 2 amide bonds. The monoisotopic (exact) mass is 358 g/mol. The molecule has 3 rings (SSSR count). The van der Waals surface area contributed by atoms with Crippen LogP contribution in [0.1, 0.15) is 25.7 Å². The van der Waals surface area contributed by atoms with Gasteiger partial charge in [-0.15, -0.1) is 0 Å². The van der Waals surface area contributed by atoms with E-state index in [0.29, 0.717) is 19.4 Å². The number of anilines is 1. The van der Waals surface area contributed by atoms with Gasteiger partial charge in [-0.25, -0.2) is 0 Å². The lowest BCUT2D eigenvalue weighted by Gasteiger charge is -2.36. The number of amides is 2. The molecule has 2 saturated heterocycles. The van der Waals surface area contributed by atoms with Crippen molar-refractivity contribution in [2.75, 3.05) is 50.7 Å². The molecule has 1 aromatic carbocycles. The average Bonchev–Trinajstić information content (AvgIpc) is 2.72. The predicted octanol–water partition coefficient (Wildman–Crippen LogP) is 1.23. The number of carbonyl (C=O) groups is 2. The van der Waals surface area contributed by atoms with E-state index in [9.17, 15) is 9.59 Å². The quantitative estimate of drug-likeness (QED) is 0.751. The minimum absolute atomic E-state index is 0.137. The molecule has 0 radical (unpaired) electrons. The van der Waals surface area contributed by atoms with Crippen LogP contribution in [0, 0.1) is 5.92 Å². The number of hydrogen-bond acceptors (Lipinski definition) is 4. The molecule has 2 fully saturated rings. The molecular formula is C20H30N4O2. The van der Waals surface area contributed by atoms with E-state index in [-0.39, 0.29) is 17.7 Å². The minimum Gasteiger partial charge on any atom is -0.368 e. The Bertz CT molecular complexity index is 579. The standard InChI is InChI=1S/C20H30N4O2/c25-19(7-4-10-22-20(26)17-8-11-21-12-9-17)24-15-13-23(14-16-24)18-5-2-1-3-6-18/h1-3,5-6,17,21H,4,7-16H2,(H,22,26). The molecule has 0 bridgehead atoms. The largest absolute Gasteiger partial charge is 0.368 e. The van der Waals surface area contributed by atoms with Crippen LogP contribution in [-0.4, -0.2) is 62.5 Å². The normalized spacial score (nSPS) is 18.6. The Morgan fingerprint density at radius 2 is 1.73 bits per heavy atom. The van der Waals surface area contributed by atoms with Gasteiger partial charge in [0.2, 0.25) is 11.8 Å². The molecule has 26 heavy (non-hydrogen) atoms. The van der Waals surface area contributed by atoms with Gasteiger partial charge in [0.05, 0.1) is 0 Å². The summed E-state index contributed by atoms with van der Waals surface area (Å²) in [6.45, 7) is 5.74. The molecule has 0 unspecified atom stereocenters. The van der Waals surface area contributed by atoms with Gasteiger partial charge in [0, 0.05) is 50.7 Å².